The van der Waals surface area contributed by atoms with Crippen LogP contribution in [0.4, 0.5) is 77.4 Å². The first-order valence-electron chi connectivity index (χ1n) is 35.6. The summed E-state index contributed by atoms with van der Waals surface area (Å²) in [5, 5.41) is 26.9. The SMILES string of the molecule is CC(C)(C)OC(=O)NCC(=O)N[C@@H]1C[C@@H](COC(=O)Nc2cc3cc(F)ccc3cn2)N(C(=O)NCc2cccc(F)c2Cl)C1.NCC(=O)N[C@@H]1C[C@@H](COC(=O)Nc2cc3cc(F)ccc3cn2)N(C(=O)NCc2cccc(F)c2Cl)C1.O=C(Nc1cc2cc(F)ccc2cn1)OC[C@@H]1CCN1C(=O)NCc1cccc(F)c1Cl. The van der Waals surface area contributed by atoms with Crippen LogP contribution in [0, 0.1) is 34.9 Å². The summed E-state index contributed by atoms with van der Waals surface area (Å²) in [6.07, 6.45) is 2.51. The highest BCUT2D eigenvalue weighted by Crippen LogP contribution is 2.28. The van der Waals surface area contributed by atoms with Gasteiger partial charge in [-0.05, 0) is 164 Å². The van der Waals surface area contributed by atoms with Crippen molar-refractivity contribution in [3.8, 4) is 0 Å². The molecule has 12 rings (SSSR count). The van der Waals surface area contributed by atoms with E-state index in [2.05, 4.69) is 62.8 Å². The lowest BCUT2D eigenvalue weighted by Gasteiger charge is -2.40. The maximum atomic E-state index is 13.9. The van der Waals surface area contributed by atoms with Crippen LogP contribution >= 0.6 is 34.8 Å². The number of likely N-dealkylation sites (tertiary alicyclic amines) is 3. The highest BCUT2D eigenvalue weighted by Gasteiger charge is 2.39. The zero-order chi connectivity index (χ0) is 82.6. The zero-order valence-electron chi connectivity index (χ0n) is 61.6. The number of carbonyl (C=O) groups excluding carboxylic acids is 9. The van der Waals surface area contributed by atoms with E-state index in [9.17, 15) is 69.5 Å². The topological polar surface area (TPSA) is 373 Å². The van der Waals surface area contributed by atoms with Gasteiger partial charge in [0.25, 0.3) is 0 Å². The second-order valence-corrected chi connectivity index (χ2v) is 28.4. The minimum Gasteiger partial charge on any atom is -0.447 e. The molecule has 0 bridgehead atoms. The number of halogens is 9. The van der Waals surface area contributed by atoms with Gasteiger partial charge in [0, 0.05) is 86.1 Å². The van der Waals surface area contributed by atoms with Gasteiger partial charge in [-0.25, -0.2) is 74.9 Å². The second-order valence-electron chi connectivity index (χ2n) is 27.3. The highest BCUT2D eigenvalue weighted by atomic mass is 35.5. The molecular weight excluding hydrogens is 1580 g/mol. The van der Waals surface area contributed by atoms with Gasteiger partial charge < -0.3 is 71.3 Å². The molecular formula is C77H77Cl3F6N16O13. The quantitative estimate of drug-likeness (QED) is 0.0250. The van der Waals surface area contributed by atoms with Crippen LogP contribution in [0.15, 0.2) is 146 Å². The van der Waals surface area contributed by atoms with Crippen LogP contribution in [0.25, 0.3) is 32.3 Å². The Balaban J connectivity index is 0.000000185. The van der Waals surface area contributed by atoms with Gasteiger partial charge in [-0.3, -0.25) is 25.5 Å². The molecule has 3 aliphatic heterocycles. The van der Waals surface area contributed by atoms with Gasteiger partial charge in [0.1, 0.15) is 84.3 Å². The number of nitrogens with one attached hydrogen (secondary N) is 9. The van der Waals surface area contributed by atoms with E-state index in [-0.39, 0.29) is 128 Å². The van der Waals surface area contributed by atoms with Crippen LogP contribution in [0.2, 0.25) is 15.1 Å². The smallest absolute Gasteiger partial charge is 0.412 e. The summed E-state index contributed by atoms with van der Waals surface area (Å²) in [6, 6.07) is 26.1. The molecule has 3 aromatic heterocycles. The molecule has 3 aliphatic rings. The molecule has 0 aliphatic carbocycles. The molecule has 29 nitrogen and oxygen atoms in total. The third-order valence-corrected chi connectivity index (χ3v) is 19.1. The fourth-order valence-corrected chi connectivity index (χ4v) is 12.7. The monoisotopic (exact) mass is 1650 g/mol. The highest BCUT2D eigenvalue weighted by molar-refractivity contribution is 6.32. The Bertz CT molecular complexity index is 5100. The van der Waals surface area contributed by atoms with Crippen molar-refractivity contribution >= 4 is 139 Å². The van der Waals surface area contributed by atoms with Crippen molar-refractivity contribution in [1.82, 2.24) is 61.6 Å². The predicted molar refractivity (Wildman–Crippen MR) is 413 cm³/mol. The molecule has 5 atom stereocenters. The molecule has 12 amide bonds. The molecule has 11 N–H and O–H groups in total. The summed E-state index contributed by atoms with van der Waals surface area (Å²) in [5.41, 5.74) is 5.86. The van der Waals surface area contributed by atoms with Crippen molar-refractivity contribution < 1.29 is 88.4 Å². The van der Waals surface area contributed by atoms with Gasteiger partial charge in [-0.15, -0.1) is 0 Å². The minimum atomic E-state index is -0.862. The summed E-state index contributed by atoms with van der Waals surface area (Å²) in [6.45, 7) is 4.73. The first-order chi connectivity index (χ1) is 54.9. The number of hydrogen-bond acceptors (Lipinski definition) is 17. The van der Waals surface area contributed by atoms with Crippen LogP contribution in [-0.4, -0.2) is 172 Å². The predicted octanol–water partition coefficient (Wildman–Crippen LogP) is 12.5. The van der Waals surface area contributed by atoms with Crippen LogP contribution < -0.4 is 53.6 Å². The fraction of sp³-hybridized carbons (Fsp3) is 0.299. The van der Waals surface area contributed by atoms with E-state index in [1.807, 2.05) is 0 Å². The number of benzene rings is 6. The Hall–Kier alpha value is -12.2. The van der Waals surface area contributed by atoms with E-state index >= 15 is 0 Å². The molecule has 606 valence electrons. The minimum absolute atomic E-state index is 0.00217. The van der Waals surface area contributed by atoms with Gasteiger partial charge in [0.2, 0.25) is 11.8 Å². The normalized spacial score (nSPS) is 16.1. The number of ether oxygens (including phenoxy) is 4. The van der Waals surface area contributed by atoms with Crippen LogP contribution in [-0.2, 0) is 48.2 Å². The average Bonchev–Trinajstić information content (AvgIpc) is 1.73. The van der Waals surface area contributed by atoms with Gasteiger partial charge >= 0.3 is 42.5 Å². The summed E-state index contributed by atoms with van der Waals surface area (Å²) < 4.78 is 103. The number of hydrogen-bond donors (Lipinski definition) is 10. The molecule has 3 fully saturated rings. The van der Waals surface area contributed by atoms with Crippen molar-refractivity contribution in [2.45, 2.75) is 95.5 Å². The largest absolute Gasteiger partial charge is 0.447 e. The number of nitrogens with two attached hydrogens (primary N) is 1. The van der Waals surface area contributed by atoms with Crippen molar-refractivity contribution in [3.63, 3.8) is 0 Å². The average molecular weight is 1650 g/mol. The summed E-state index contributed by atoms with van der Waals surface area (Å²) in [5.74, 6) is -3.42. The number of aromatic nitrogens is 3. The van der Waals surface area contributed by atoms with Crippen molar-refractivity contribution in [2.75, 3.05) is 68.5 Å². The van der Waals surface area contributed by atoms with E-state index in [4.69, 9.17) is 59.5 Å². The van der Waals surface area contributed by atoms with E-state index in [0.717, 1.165) is 5.39 Å². The molecule has 0 radical (unpaired) electrons. The Morgan fingerprint density at radius 1 is 0.452 bits per heavy atom. The standard InChI is InChI=1S/C30H33ClF2N6O6.C25H25ClF2N6O4.C22H19ClF2N4O3/c1-30(2,3)45-28(42)36-14-25(40)37-21-11-22(39(15-21)27(41)35-13-18-5-4-6-23(33)26(18)31)16-44-29(43)38-24-10-19-9-20(32)8-7-17(19)12-34-24;26-23-15(2-1-3-20(23)28)11-31-24(36)34-12-18(32-22(35)9-29)8-19(34)13-38-25(37)33-21-7-16-6-17(27)5-4-14(16)10-30-21;23-20-14(2-1-3-18(20)25)11-27-21(30)29-7-6-17(29)12-32-22(31)28-19-9-15-8-16(24)5-4-13(15)10-26-19/h4-10,12,21-22H,11,13-16H2,1-3H3,(H,35,41)(H,36,42)(H,37,40)(H,34,38,43);1-7,10,18-19H,8-9,11-13,29H2,(H,31,36)(H,32,35)(H,30,33,37);1-5,8-10,17H,6-7,11-12H2,(H,27,30)(H,26,28,31)/t21-,22+;18-,19+;17-/m110/s1. The van der Waals surface area contributed by atoms with Gasteiger partial charge in [0.15, 0.2) is 0 Å². The maximum Gasteiger partial charge on any atom is 0.412 e. The van der Waals surface area contributed by atoms with Crippen molar-refractivity contribution in [1.29, 1.82) is 0 Å². The number of nitrogens with zero attached hydrogens (tertiary/aromatic N) is 6. The number of pyridine rings is 3. The summed E-state index contributed by atoms with van der Waals surface area (Å²) >= 11 is 17.9. The molecule has 9 aromatic rings. The van der Waals surface area contributed by atoms with Gasteiger partial charge in [0.05, 0.1) is 39.7 Å². The first-order valence-corrected chi connectivity index (χ1v) is 36.7. The summed E-state index contributed by atoms with van der Waals surface area (Å²) in [4.78, 5) is 129. The third-order valence-electron chi connectivity index (χ3n) is 17.8. The van der Waals surface area contributed by atoms with E-state index in [1.165, 1.54) is 118 Å². The Morgan fingerprint density at radius 3 is 1.16 bits per heavy atom. The van der Waals surface area contributed by atoms with Crippen molar-refractivity contribution in [2.24, 2.45) is 5.73 Å². The fourth-order valence-electron chi connectivity index (χ4n) is 12.1. The molecule has 0 spiro atoms. The second kappa shape index (κ2) is 39.5. The third kappa shape index (κ3) is 24.6. The lowest BCUT2D eigenvalue weighted by molar-refractivity contribution is -0.121. The molecule has 0 unspecified atom stereocenters. The van der Waals surface area contributed by atoms with Crippen LogP contribution in [0.1, 0.15) is 56.7 Å². The molecule has 6 aromatic carbocycles. The Labute approximate surface area is 667 Å². The number of urea groups is 3. The summed E-state index contributed by atoms with van der Waals surface area (Å²) in [7, 11) is 0. The number of anilines is 3. The molecule has 0 saturated carbocycles. The lowest BCUT2D eigenvalue weighted by Crippen LogP contribution is -2.56. The number of amides is 12. The maximum absolute atomic E-state index is 13.9. The molecule has 3 saturated heterocycles. The van der Waals surface area contributed by atoms with Gasteiger partial charge in [-0.1, -0.05) is 71.2 Å². The first kappa shape index (κ1) is 85.2. The van der Waals surface area contributed by atoms with E-state index < -0.39 is 101 Å². The Morgan fingerprint density at radius 2 is 0.809 bits per heavy atom. The molecule has 6 heterocycles. The Kier molecular flexibility index (Phi) is 29.3. The molecule has 115 heavy (non-hydrogen) atoms. The zero-order valence-corrected chi connectivity index (χ0v) is 63.9. The van der Waals surface area contributed by atoms with E-state index in [1.54, 1.807) is 63.2 Å². The van der Waals surface area contributed by atoms with Crippen LogP contribution in [0.5, 0.6) is 0 Å². The van der Waals surface area contributed by atoms with Crippen molar-refractivity contribution in [3.05, 3.63) is 213 Å². The number of carbonyl (C=O) groups is 9. The van der Waals surface area contributed by atoms with Gasteiger partial charge in [-0.2, -0.15) is 0 Å². The lowest BCUT2D eigenvalue weighted by atomic mass is 10.1. The molecule has 38 heteroatoms. The van der Waals surface area contributed by atoms with Crippen LogP contribution in [0.3, 0.4) is 0 Å². The van der Waals surface area contributed by atoms with E-state index in [0.29, 0.717) is 63.0 Å². The number of fused-ring (bicyclic) bond motifs is 3. The number of alkyl carbamates (subject to hydrolysis) is 1. The number of rotatable bonds is 20.